The summed E-state index contributed by atoms with van der Waals surface area (Å²) >= 11 is 0. The van der Waals surface area contributed by atoms with E-state index >= 15 is 0 Å². The molecule has 1 amide bonds. The third kappa shape index (κ3) is 3.30. The van der Waals surface area contributed by atoms with Crippen LogP contribution in [0.2, 0.25) is 0 Å². The van der Waals surface area contributed by atoms with E-state index in [9.17, 15) is 4.79 Å². The second-order valence-corrected chi connectivity index (χ2v) is 6.51. The molecule has 3 rings (SSSR count). The van der Waals surface area contributed by atoms with E-state index in [-0.39, 0.29) is 5.91 Å². The zero-order valence-corrected chi connectivity index (χ0v) is 14.6. The van der Waals surface area contributed by atoms with Crippen molar-refractivity contribution in [1.29, 1.82) is 0 Å². The van der Waals surface area contributed by atoms with Crippen LogP contribution in [0.25, 0.3) is 22.2 Å². The van der Waals surface area contributed by atoms with Gasteiger partial charge in [-0.15, -0.1) is 0 Å². The number of carbonyl (C=O) groups excluding carboxylic acids is 1. The van der Waals surface area contributed by atoms with Gasteiger partial charge in [-0.2, -0.15) is 0 Å². The summed E-state index contributed by atoms with van der Waals surface area (Å²) in [5, 5.41) is 1.13. The van der Waals surface area contributed by atoms with Crippen LogP contribution in [0, 0.1) is 13.8 Å². The SMILES string of the molecule is Cc1cccc(-c2cc(C)c3ccc(CC(=O)N(C)C)cc3n2)c1. The number of fused-ring (bicyclic) bond motifs is 1. The molecule has 0 N–H and O–H groups in total. The number of nitrogens with zero attached hydrogens (tertiary/aromatic N) is 2. The maximum Gasteiger partial charge on any atom is 0.226 e. The molecule has 1 aromatic heterocycles. The molecule has 0 bridgehead atoms. The lowest BCUT2D eigenvalue weighted by molar-refractivity contribution is -0.127. The number of hydrogen-bond acceptors (Lipinski definition) is 2. The Labute approximate surface area is 143 Å². The van der Waals surface area contributed by atoms with Crippen LogP contribution in [0.3, 0.4) is 0 Å². The van der Waals surface area contributed by atoms with Crippen LogP contribution in [-0.2, 0) is 11.2 Å². The summed E-state index contributed by atoms with van der Waals surface area (Å²) < 4.78 is 0. The highest BCUT2D eigenvalue weighted by Crippen LogP contribution is 2.25. The van der Waals surface area contributed by atoms with Crippen LogP contribution < -0.4 is 0 Å². The minimum Gasteiger partial charge on any atom is -0.349 e. The zero-order chi connectivity index (χ0) is 17.3. The molecule has 0 radical (unpaired) electrons. The van der Waals surface area contributed by atoms with E-state index in [0.29, 0.717) is 6.42 Å². The molecule has 3 nitrogen and oxygen atoms in total. The fraction of sp³-hybridized carbons (Fsp3) is 0.238. The van der Waals surface area contributed by atoms with Crippen molar-refractivity contribution in [3.05, 3.63) is 65.2 Å². The van der Waals surface area contributed by atoms with E-state index in [1.165, 1.54) is 11.1 Å². The van der Waals surface area contributed by atoms with Crippen molar-refractivity contribution in [2.24, 2.45) is 0 Å². The highest BCUT2D eigenvalue weighted by Gasteiger charge is 2.09. The van der Waals surface area contributed by atoms with Crippen LogP contribution in [0.5, 0.6) is 0 Å². The van der Waals surface area contributed by atoms with Gasteiger partial charge in [-0.25, -0.2) is 4.98 Å². The Balaban J connectivity index is 2.06. The van der Waals surface area contributed by atoms with Crippen molar-refractivity contribution in [2.45, 2.75) is 20.3 Å². The molecule has 0 aliphatic heterocycles. The summed E-state index contributed by atoms with van der Waals surface area (Å²) in [4.78, 5) is 18.4. The molecule has 0 saturated carbocycles. The number of benzene rings is 2. The first-order valence-corrected chi connectivity index (χ1v) is 8.11. The molecule has 3 heteroatoms. The number of likely N-dealkylation sites (N-methyl/N-ethyl adjacent to an activating group) is 1. The molecular formula is C21H22N2O. The van der Waals surface area contributed by atoms with Crippen molar-refractivity contribution in [3.63, 3.8) is 0 Å². The fourth-order valence-corrected chi connectivity index (χ4v) is 2.84. The van der Waals surface area contributed by atoms with E-state index in [1.807, 2.05) is 12.1 Å². The smallest absolute Gasteiger partial charge is 0.226 e. The average molecular weight is 318 g/mol. The van der Waals surface area contributed by atoms with Crippen molar-refractivity contribution >= 4 is 16.8 Å². The van der Waals surface area contributed by atoms with Crippen molar-refractivity contribution in [2.75, 3.05) is 14.1 Å². The minimum absolute atomic E-state index is 0.0981. The third-order valence-corrected chi connectivity index (χ3v) is 4.25. The summed E-state index contributed by atoms with van der Waals surface area (Å²) in [7, 11) is 3.56. The zero-order valence-electron chi connectivity index (χ0n) is 14.6. The van der Waals surface area contributed by atoms with Gasteiger partial charge in [-0.05, 0) is 43.2 Å². The van der Waals surface area contributed by atoms with Crippen molar-refractivity contribution in [3.8, 4) is 11.3 Å². The lowest BCUT2D eigenvalue weighted by Gasteiger charge is -2.12. The van der Waals surface area contributed by atoms with Gasteiger partial charge < -0.3 is 4.90 Å². The van der Waals surface area contributed by atoms with Crippen LogP contribution in [0.15, 0.2) is 48.5 Å². The van der Waals surface area contributed by atoms with Crippen LogP contribution in [0.4, 0.5) is 0 Å². The maximum atomic E-state index is 11.9. The largest absolute Gasteiger partial charge is 0.349 e. The predicted molar refractivity (Wildman–Crippen MR) is 99.1 cm³/mol. The maximum absolute atomic E-state index is 11.9. The Bertz CT molecular complexity index is 913. The average Bonchev–Trinajstić information content (AvgIpc) is 2.54. The van der Waals surface area contributed by atoms with Gasteiger partial charge in [-0.3, -0.25) is 4.79 Å². The predicted octanol–water partition coefficient (Wildman–Crippen LogP) is 4.15. The molecule has 3 aromatic rings. The van der Waals surface area contributed by atoms with Gasteiger partial charge in [0.1, 0.15) is 0 Å². The second-order valence-electron chi connectivity index (χ2n) is 6.51. The van der Waals surface area contributed by atoms with Crippen molar-refractivity contribution in [1.82, 2.24) is 9.88 Å². The Kier molecular flexibility index (Phi) is 4.34. The second kappa shape index (κ2) is 6.44. The first-order valence-electron chi connectivity index (χ1n) is 8.11. The van der Waals surface area contributed by atoms with E-state index in [2.05, 4.69) is 50.2 Å². The molecular weight excluding hydrogens is 296 g/mol. The standard InChI is InChI=1S/C21H22N2O/c1-14-6-5-7-17(10-14)19-11-15(2)18-9-8-16(12-20(18)22-19)13-21(24)23(3)4/h5-12H,13H2,1-4H3. The Morgan fingerprint density at radius 1 is 1.04 bits per heavy atom. The highest BCUT2D eigenvalue weighted by atomic mass is 16.2. The summed E-state index contributed by atoms with van der Waals surface area (Å²) in [6.07, 6.45) is 0.401. The Morgan fingerprint density at radius 3 is 2.54 bits per heavy atom. The van der Waals surface area contributed by atoms with Gasteiger partial charge >= 0.3 is 0 Å². The number of aryl methyl sites for hydroxylation is 2. The van der Waals surface area contributed by atoms with Crippen LogP contribution in [0.1, 0.15) is 16.7 Å². The molecule has 0 unspecified atom stereocenters. The molecule has 0 spiro atoms. The Morgan fingerprint density at radius 2 is 1.83 bits per heavy atom. The van der Waals surface area contributed by atoms with E-state index in [1.54, 1.807) is 19.0 Å². The monoisotopic (exact) mass is 318 g/mol. The first kappa shape index (κ1) is 16.2. The number of rotatable bonds is 3. The number of pyridine rings is 1. The number of aromatic nitrogens is 1. The molecule has 0 fully saturated rings. The van der Waals surface area contributed by atoms with Gasteiger partial charge in [-0.1, -0.05) is 35.9 Å². The lowest BCUT2D eigenvalue weighted by Crippen LogP contribution is -2.23. The van der Waals surface area contributed by atoms with Gasteiger partial charge in [0.2, 0.25) is 5.91 Å². The van der Waals surface area contributed by atoms with Crippen molar-refractivity contribution < 1.29 is 4.79 Å². The van der Waals surface area contributed by atoms with E-state index in [4.69, 9.17) is 4.98 Å². The molecule has 1 heterocycles. The molecule has 0 atom stereocenters. The molecule has 0 aliphatic carbocycles. The van der Waals surface area contributed by atoms with Gasteiger partial charge in [0, 0.05) is 25.0 Å². The molecule has 0 aliphatic rings. The molecule has 2 aromatic carbocycles. The lowest BCUT2D eigenvalue weighted by atomic mass is 10.0. The minimum atomic E-state index is 0.0981. The number of carbonyl (C=O) groups is 1. The topological polar surface area (TPSA) is 33.2 Å². The van der Waals surface area contributed by atoms with E-state index in [0.717, 1.165) is 27.7 Å². The normalized spacial score (nSPS) is 10.8. The van der Waals surface area contributed by atoms with Gasteiger partial charge in [0.15, 0.2) is 0 Å². The molecule has 24 heavy (non-hydrogen) atoms. The van der Waals surface area contributed by atoms with Gasteiger partial charge in [0.05, 0.1) is 17.6 Å². The number of hydrogen-bond donors (Lipinski definition) is 0. The summed E-state index contributed by atoms with van der Waals surface area (Å²) in [6, 6.07) is 16.6. The van der Waals surface area contributed by atoms with E-state index < -0.39 is 0 Å². The summed E-state index contributed by atoms with van der Waals surface area (Å²) in [6.45, 7) is 4.19. The number of amides is 1. The summed E-state index contributed by atoms with van der Waals surface area (Å²) in [5.41, 5.74) is 6.44. The molecule has 122 valence electrons. The first-order chi connectivity index (χ1) is 11.4. The highest BCUT2D eigenvalue weighted by molar-refractivity contribution is 5.87. The van der Waals surface area contributed by atoms with Crippen LogP contribution >= 0.6 is 0 Å². The van der Waals surface area contributed by atoms with Crippen LogP contribution in [-0.4, -0.2) is 29.9 Å². The Hall–Kier alpha value is -2.68. The van der Waals surface area contributed by atoms with Gasteiger partial charge in [0.25, 0.3) is 0 Å². The molecule has 0 saturated heterocycles. The summed E-state index contributed by atoms with van der Waals surface area (Å²) in [5.74, 6) is 0.0981. The third-order valence-electron chi connectivity index (χ3n) is 4.25. The fourth-order valence-electron chi connectivity index (χ4n) is 2.84. The quantitative estimate of drug-likeness (QED) is 0.727.